The van der Waals surface area contributed by atoms with Crippen molar-refractivity contribution in [1.29, 1.82) is 0 Å². The predicted octanol–water partition coefficient (Wildman–Crippen LogP) is 2.93. The summed E-state index contributed by atoms with van der Waals surface area (Å²) in [6.45, 7) is 3.45. The molecule has 4 rings (SSSR count). The second kappa shape index (κ2) is 8.04. The van der Waals surface area contributed by atoms with E-state index in [2.05, 4.69) is 25.1 Å². The normalized spacial score (nSPS) is 14.0. The molecule has 0 spiro atoms. The molecule has 8 heteroatoms. The maximum absolute atomic E-state index is 12.2. The Morgan fingerprint density at radius 2 is 2.22 bits per heavy atom. The van der Waals surface area contributed by atoms with E-state index in [1.807, 2.05) is 24.4 Å². The first-order valence-electron chi connectivity index (χ1n) is 9.38. The summed E-state index contributed by atoms with van der Waals surface area (Å²) in [5.74, 6) is 3.62. The molecule has 1 aliphatic rings. The van der Waals surface area contributed by atoms with Crippen molar-refractivity contribution in [3.63, 3.8) is 0 Å². The number of aryl methyl sites for hydroxylation is 2. The number of nitrogens with zero attached hydrogens (tertiary/aromatic N) is 4. The van der Waals surface area contributed by atoms with E-state index in [0.717, 1.165) is 46.8 Å². The molecule has 0 aliphatic carbocycles. The van der Waals surface area contributed by atoms with E-state index in [-0.39, 0.29) is 12.3 Å². The summed E-state index contributed by atoms with van der Waals surface area (Å²) in [6, 6.07) is 3.81. The standard InChI is InChI=1S/C19H23N5O2S/c1-13-6-7-15(26-13)19-21-14(12-27-19)11-18(25)20-9-8-17-23-22-16-5-3-2-4-10-24(16)17/h6-7,12H,2-5,8-11H2,1H3,(H,20,25). The number of thiazole rings is 1. The summed E-state index contributed by atoms with van der Waals surface area (Å²) < 4.78 is 7.80. The Balaban J connectivity index is 1.28. The van der Waals surface area contributed by atoms with Gasteiger partial charge in [0.25, 0.3) is 0 Å². The molecule has 0 fully saturated rings. The van der Waals surface area contributed by atoms with Crippen molar-refractivity contribution in [1.82, 2.24) is 25.1 Å². The maximum atomic E-state index is 12.2. The Labute approximate surface area is 161 Å². The van der Waals surface area contributed by atoms with Gasteiger partial charge in [0.15, 0.2) is 10.8 Å². The third-order valence-corrected chi connectivity index (χ3v) is 5.61. The van der Waals surface area contributed by atoms with Crippen molar-refractivity contribution in [2.45, 2.75) is 52.0 Å². The monoisotopic (exact) mass is 385 g/mol. The number of carbonyl (C=O) groups excluding carboxylic acids is 1. The molecule has 3 aromatic rings. The number of hydrogen-bond acceptors (Lipinski definition) is 6. The molecule has 0 aromatic carbocycles. The summed E-state index contributed by atoms with van der Waals surface area (Å²) in [4.78, 5) is 16.7. The zero-order chi connectivity index (χ0) is 18.6. The van der Waals surface area contributed by atoms with Gasteiger partial charge in [-0.05, 0) is 31.9 Å². The minimum absolute atomic E-state index is 0.0296. The van der Waals surface area contributed by atoms with Crippen molar-refractivity contribution >= 4 is 17.2 Å². The molecule has 27 heavy (non-hydrogen) atoms. The van der Waals surface area contributed by atoms with Crippen LogP contribution in [0.5, 0.6) is 0 Å². The van der Waals surface area contributed by atoms with E-state index >= 15 is 0 Å². The highest BCUT2D eigenvalue weighted by Gasteiger charge is 2.15. The highest BCUT2D eigenvalue weighted by Crippen LogP contribution is 2.25. The van der Waals surface area contributed by atoms with Gasteiger partial charge in [-0.3, -0.25) is 4.79 Å². The minimum atomic E-state index is -0.0296. The van der Waals surface area contributed by atoms with Gasteiger partial charge in [0.2, 0.25) is 5.91 Å². The fourth-order valence-corrected chi connectivity index (χ4v) is 4.10. The SMILES string of the molecule is Cc1ccc(-c2nc(CC(=O)NCCc3nnc4n3CCCCC4)cs2)o1. The Morgan fingerprint density at radius 3 is 3.07 bits per heavy atom. The molecular formula is C19H23N5O2S. The van der Waals surface area contributed by atoms with Crippen LogP contribution in [0.3, 0.4) is 0 Å². The van der Waals surface area contributed by atoms with E-state index in [0.29, 0.717) is 13.0 Å². The summed E-state index contributed by atoms with van der Waals surface area (Å²) in [7, 11) is 0. The number of fused-ring (bicyclic) bond motifs is 1. The molecular weight excluding hydrogens is 362 g/mol. The molecule has 0 atom stereocenters. The number of furan rings is 1. The van der Waals surface area contributed by atoms with Crippen LogP contribution >= 0.6 is 11.3 Å². The fraction of sp³-hybridized carbons (Fsp3) is 0.474. The van der Waals surface area contributed by atoms with Crippen LogP contribution in [0, 0.1) is 6.92 Å². The van der Waals surface area contributed by atoms with Gasteiger partial charge in [-0.15, -0.1) is 21.5 Å². The number of nitrogens with one attached hydrogen (secondary N) is 1. The molecule has 1 N–H and O–H groups in total. The lowest BCUT2D eigenvalue weighted by Crippen LogP contribution is -2.28. The lowest BCUT2D eigenvalue weighted by molar-refractivity contribution is -0.120. The second-order valence-corrected chi connectivity index (χ2v) is 7.68. The Bertz CT molecular complexity index is 926. The van der Waals surface area contributed by atoms with E-state index in [4.69, 9.17) is 4.42 Å². The number of hydrogen-bond donors (Lipinski definition) is 1. The van der Waals surface area contributed by atoms with Crippen LogP contribution < -0.4 is 5.32 Å². The summed E-state index contributed by atoms with van der Waals surface area (Å²) >= 11 is 1.49. The molecule has 1 aliphatic heterocycles. The average molecular weight is 385 g/mol. The molecule has 0 bridgehead atoms. The molecule has 0 saturated heterocycles. The van der Waals surface area contributed by atoms with Gasteiger partial charge in [0.1, 0.15) is 17.4 Å². The zero-order valence-electron chi connectivity index (χ0n) is 15.4. The molecule has 4 heterocycles. The van der Waals surface area contributed by atoms with Crippen LogP contribution in [-0.4, -0.2) is 32.2 Å². The van der Waals surface area contributed by atoms with E-state index in [1.54, 1.807) is 0 Å². The maximum Gasteiger partial charge on any atom is 0.226 e. The largest absolute Gasteiger partial charge is 0.459 e. The van der Waals surface area contributed by atoms with Crippen LogP contribution in [0.25, 0.3) is 10.8 Å². The van der Waals surface area contributed by atoms with E-state index in [9.17, 15) is 4.79 Å². The first kappa shape index (κ1) is 17.9. The third kappa shape index (κ3) is 4.27. The molecule has 7 nitrogen and oxygen atoms in total. The molecule has 1 amide bonds. The highest BCUT2D eigenvalue weighted by atomic mass is 32.1. The van der Waals surface area contributed by atoms with Crippen LogP contribution in [-0.2, 0) is 30.6 Å². The van der Waals surface area contributed by atoms with Gasteiger partial charge in [-0.1, -0.05) is 6.42 Å². The summed E-state index contributed by atoms with van der Waals surface area (Å²) in [5, 5.41) is 14.3. The first-order chi connectivity index (χ1) is 13.2. The van der Waals surface area contributed by atoms with Crippen molar-refractivity contribution in [2.24, 2.45) is 0 Å². The zero-order valence-corrected chi connectivity index (χ0v) is 16.2. The van der Waals surface area contributed by atoms with Gasteiger partial charge >= 0.3 is 0 Å². The number of carbonyl (C=O) groups is 1. The van der Waals surface area contributed by atoms with Crippen molar-refractivity contribution in [3.05, 3.63) is 40.6 Å². The molecule has 142 valence electrons. The topological polar surface area (TPSA) is 85.8 Å². The number of rotatable bonds is 6. The van der Waals surface area contributed by atoms with Gasteiger partial charge in [-0.2, -0.15) is 0 Å². The highest BCUT2D eigenvalue weighted by molar-refractivity contribution is 7.13. The lowest BCUT2D eigenvalue weighted by atomic mass is 10.2. The molecule has 3 aromatic heterocycles. The smallest absolute Gasteiger partial charge is 0.226 e. The third-order valence-electron chi connectivity index (χ3n) is 4.70. The molecule has 0 radical (unpaired) electrons. The average Bonchev–Trinajstić information content (AvgIpc) is 3.33. The first-order valence-corrected chi connectivity index (χ1v) is 10.3. The predicted molar refractivity (Wildman–Crippen MR) is 103 cm³/mol. The van der Waals surface area contributed by atoms with Gasteiger partial charge < -0.3 is 14.3 Å². The molecule has 0 saturated carbocycles. The second-order valence-electron chi connectivity index (χ2n) is 6.83. The summed E-state index contributed by atoms with van der Waals surface area (Å²) in [5.41, 5.74) is 0.762. The summed E-state index contributed by atoms with van der Waals surface area (Å²) in [6.07, 6.45) is 5.57. The van der Waals surface area contributed by atoms with Crippen molar-refractivity contribution in [3.8, 4) is 10.8 Å². The van der Waals surface area contributed by atoms with Crippen LogP contribution in [0.15, 0.2) is 21.9 Å². The van der Waals surface area contributed by atoms with Crippen LogP contribution in [0.4, 0.5) is 0 Å². The Morgan fingerprint density at radius 1 is 1.30 bits per heavy atom. The van der Waals surface area contributed by atoms with Gasteiger partial charge in [0.05, 0.1) is 12.1 Å². The quantitative estimate of drug-likeness (QED) is 0.705. The van der Waals surface area contributed by atoms with Crippen molar-refractivity contribution in [2.75, 3.05) is 6.54 Å². The lowest BCUT2D eigenvalue weighted by Gasteiger charge is -2.07. The van der Waals surface area contributed by atoms with E-state index < -0.39 is 0 Å². The minimum Gasteiger partial charge on any atom is -0.459 e. The Hall–Kier alpha value is -2.48. The van der Waals surface area contributed by atoms with E-state index in [1.165, 1.54) is 30.6 Å². The number of amides is 1. The van der Waals surface area contributed by atoms with Crippen LogP contribution in [0.1, 0.15) is 42.4 Å². The molecule has 0 unspecified atom stereocenters. The number of aromatic nitrogens is 4. The van der Waals surface area contributed by atoms with Crippen LogP contribution in [0.2, 0.25) is 0 Å². The van der Waals surface area contributed by atoms with Crippen molar-refractivity contribution < 1.29 is 9.21 Å². The van der Waals surface area contributed by atoms with Gasteiger partial charge in [-0.25, -0.2) is 4.98 Å². The van der Waals surface area contributed by atoms with Gasteiger partial charge in [0, 0.05) is 31.3 Å². The Kier molecular flexibility index (Phi) is 5.33. The fourth-order valence-electron chi connectivity index (χ4n) is 3.32.